The van der Waals surface area contributed by atoms with E-state index < -0.39 is 0 Å². The zero-order valence-electron chi connectivity index (χ0n) is 12.0. The number of hydrogen-bond acceptors (Lipinski definition) is 2. The number of hydrogen-bond donors (Lipinski definition) is 0. The molecule has 0 unspecified atom stereocenters. The highest BCUT2D eigenvalue weighted by Gasteiger charge is 2.05. The van der Waals surface area contributed by atoms with Crippen molar-refractivity contribution in [2.24, 2.45) is 0 Å². The van der Waals surface area contributed by atoms with Crippen molar-refractivity contribution in [2.45, 2.75) is 13.8 Å². The summed E-state index contributed by atoms with van der Waals surface area (Å²) in [4.78, 5) is 11.4. The van der Waals surface area contributed by atoms with Crippen LogP contribution in [0.4, 0.5) is 0 Å². The molecule has 0 heterocycles. The van der Waals surface area contributed by atoms with E-state index in [9.17, 15) is 4.79 Å². The Morgan fingerprint density at radius 3 is 1.85 bits per heavy atom. The first-order valence-corrected chi connectivity index (χ1v) is 6.54. The van der Waals surface area contributed by atoms with E-state index in [1.54, 1.807) is 12.1 Å². The van der Waals surface area contributed by atoms with Crippen molar-refractivity contribution in [1.29, 1.82) is 0 Å². The molecule has 0 spiro atoms. The SMILES string of the molecule is COC(=O)c1ccc(-c2ccc(C=C(C)C)cc2)cc1. The van der Waals surface area contributed by atoms with E-state index in [1.165, 1.54) is 18.2 Å². The van der Waals surface area contributed by atoms with Gasteiger partial charge in [-0.3, -0.25) is 0 Å². The molecule has 0 N–H and O–H groups in total. The fourth-order valence-corrected chi connectivity index (χ4v) is 2.02. The van der Waals surface area contributed by atoms with Gasteiger partial charge in [0, 0.05) is 0 Å². The van der Waals surface area contributed by atoms with E-state index in [1.807, 2.05) is 12.1 Å². The van der Waals surface area contributed by atoms with E-state index in [0.717, 1.165) is 11.1 Å². The number of allylic oxidation sites excluding steroid dienone is 1. The molecule has 0 aliphatic rings. The number of methoxy groups -OCH3 is 1. The third kappa shape index (κ3) is 3.35. The minimum atomic E-state index is -0.310. The second-order valence-electron chi connectivity index (χ2n) is 4.91. The highest BCUT2D eigenvalue weighted by atomic mass is 16.5. The Hall–Kier alpha value is -2.35. The van der Waals surface area contributed by atoms with Crippen LogP contribution in [0.3, 0.4) is 0 Å². The van der Waals surface area contributed by atoms with Gasteiger partial charge in [-0.2, -0.15) is 0 Å². The topological polar surface area (TPSA) is 26.3 Å². The number of benzene rings is 2. The second kappa shape index (κ2) is 6.20. The summed E-state index contributed by atoms with van der Waals surface area (Å²) >= 11 is 0. The summed E-state index contributed by atoms with van der Waals surface area (Å²) in [5, 5.41) is 0. The Balaban J connectivity index is 2.23. The third-order valence-electron chi connectivity index (χ3n) is 3.01. The average molecular weight is 266 g/mol. The van der Waals surface area contributed by atoms with Crippen LogP contribution in [0.2, 0.25) is 0 Å². The Bertz CT molecular complexity index is 615. The third-order valence-corrected chi connectivity index (χ3v) is 3.01. The van der Waals surface area contributed by atoms with Crippen molar-refractivity contribution in [2.75, 3.05) is 7.11 Å². The molecule has 0 aliphatic carbocycles. The molecule has 0 saturated heterocycles. The van der Waals surface area contributed by atoms with E-state index in [2.05, 4.69) is 48.9 Å². The van der Waals surface area contributed by atoms with E-state index in [0.29, 0.717) is 5.56 Å². The molecule has 0 aromatic heterocycles. The first kappa shape index (κ1) is 14.1. The van der Waals surface area contributed by atoms with Crippen LogP contribution < -0.4 is 0 Å². The van der Waals surface area contributed by atoms with Crippen LogP contribution in [-0.4, -0.2) is 13.1 Å². The molecule has 0 aliphatic heterocycles. The van der Waals surface area contributed by atoms with Crippen molar-refractivity contribution < 1.29 is 9.53 Å². The fourth-order valence-electron chi connectivity index (χ4n) is 2.02. The molecule has 0 saturated carbocycles. The van der Waals surface area contributed by atoms with Crippen LogP contribution in [0.5, 0.6) is 0 Å². The number of esters is 1. The summed E-state index contributed by atoms with van der Waals surface area (Å²) in [6.45, 7) is 4.17. The maximum absolute atomic E-state index is 11.4. The number of carbonyl (C=O) groups is 1. The summed E-state index contributed by atoms with van der Waals surface area (Å²) in [6, 6.07) is 15.8. The van der Waals surface area contributed by atoms with Crippen molar-refractivity contribution in [1.82, 2.24) is 0 Å². The monoisotopic (exact) mass is 266 g/mol. The summed E-state index contributed by atoms with van der Waals surface area (Å²) in [7, 11) is 1.39. The molecule has 2 nitrogen and oxygen atoms in total. The van der Waals surface area contributed by atoms with Crippen LogP contribution in [-0.2, 0) is 4.74 Å². The Morgan fingerprint density at radius 1 is 0.900 bits per heavy atom. The fraction of sp³-hybridized carbons (Fsp3) is 0.167. The van der Waals surface area contributed by atoms with Crippen LogP contribution in [0.15, 0.2) is 54.1 Å². The summed E-state index contributed by atoms with van der Waals surface area (Å²) in [6.07, 6.45) is 2.14. The molecule has 2 aromatic carbocycles. The predicted octanol–water partition coefficient (Wildman–Crippen LogP) is 4.56. The quantitative estimate of drug-likeness (QED) is 0.761. The molecular weight excluding hydrogens is 248 g/mol. The summed E-state index contributed by atoms with van der Waals surface area (Å²) < 4.78 is 4.69. The van der Waals surface area contributed by atoms with Crippen molar-refractivity contribution in [3.63, 3.8) is 0 Å². The van der Waals surface area contributed by atoms with Gasteiger partial charge in [-0.25, -0.2) is 4.79 Å². The van der Waals surface area contributed by atoms with E-state index >= 15 is 0 Å². The lowest BCUT2D eigenvalue weighted by atomic mass is 10.0. The molecule has 0 radical (unpaired) electrons. The van der Waals surface area contributed by atoms with Crippen molar-refractivity contribution >= 4 is 12.0 Å². The minimum absolute atomic E-state index is 0.310. The van der Waals surface area contributed by atoms with Crippen molar-refractivity contribution in [3.8, 4) is 11.1 Å². The minimum Gasteiger partial charge on any atom is -0.465 e. The lowest BCUT2D eigenvalue weighted by molar-refractivity contribution is 0.0601. The van der Waals surface area contributed by atoms with Gasteiger partial charge < -0.3 is 4.74 Å². The zero-order chi connectivity index (χ0) is 14.5. The van der Waals surface area contributed by atoms with Crippen molar-refractivity contribution in [3.05, 3.63) is 65.2 Å². The molecule has 2 rings (SSSR count). The standard InChI is InChI=1S/C18H18O2/c1-13(2)12-14-4-6-15(7-5-14)16-8-10-17(11-9-16)18(19)20-3/h4-12H,1-3H3. The summed E-state index contributed by atoms with van der Waals surface area (Å²) in [5.41, 5.74) is 5.26. The van der Waals surface area contributed by atoms with Gasteiger partial charge in [0.1, 0.15) is 0 Å². The highest BCUT2D eigenvalue weighted by molar-refractivity contribution is 5.90. The van der Waals surface area contributed by atoms with Gasteiger partial charge >= 0.3 is 5.97 Å². The van der Waals surface area contributed by atoms with Gasteiger partial charge in [0.05, 0.1) is 12.7 Å². The van der Waals surface area contributed by atoms with Crippen LogP contribution >= 0.6 is 0 Å². The lowest BCUT2D eigenvalue weighted by Gasteiger charge is -2.04. The van der Waals surface area contributed by atoms with E-state index in [4.69, 9.17) is 0 Å². The van der Waals surface area contributed by atoms with Crippen LogP contribution in [0.25, 0.3) is 17.2 Å². The molecule has 0 bridgehead atoms. The molecule has 20 heavy (non-hydrogen) atoms. The molecule has 0 fully saturated rings. The maximum atomic E-state index is 11.4. The Labute approximate surface area is 119 Å². The first-order valence-electron chi connectivity index (χ1n) is 6.54. The van der Waals surface area contributed by atoms with Gasteiger partial charge in [0.2, 0.25) is 0 Å². The van der Waals surface area contributed by atoms with Gasteiger partial charge in [0.15, 0.2) is 0 Å². The second-order valence-corrected chi connectivity index (χ2v) is 4.91. The molecule has 0 atom stereocenters. The zero-order valence-corrected chi connectivity index (χ0v) is 12.0. The Morgan fingerprint density at radius 2 is 1.40 bits per heavy atom. The van der Waals surface area contributed by atoms with Gasteiger partial charge in [-0.15, -0.1) is 0 Å². The van der Waals surface area contributed by atoms with Gasteiger partial charge in [-0.05, 0) is 42.7 Å². The first-order chi connectivity index (χ1) is 9.60. The van der Waals surface area contributed by atoms with Gasteiger partial charge in [0.25, 0.3) is 0 Å². The van der Waals surface area contributed by atoms with Gasteiger partial charge in [-0.1, -0.05) is 48.0 Å². The normalized spacial score (nSPS) is 9.95. The molecule has 2 aromatic rings. The predicted molar refractivity (Wildman–Crippen MR) is 82.5 cm³/mol. The Kier molecular flexibility index (Phi) is 4.36. The highest BCUT2D eigenvalue weighted by Crippen LogP contribution is 2.21. The average Bonchev–Trinajstić information content (AvgIpc) is 2.47. The number of ether oxygens (including phenoxy) is 1. The van der Waals surface area contributed by atoms with Crippen LogP contribution in [0, 0.1) is 0 Å². The van der Waals surface area contributed by atoms with Crippen LogP contribution in [0.1, 0.15) is 29.8 Å². The molecule has 102 valence electrons. The molecule has 0 amide bonds. The molecular formula is C18H18O2. The number of carbonyl (C=O) groups excluding carboxylic acids is 1. The smallest absolute Gasteiger partial charge is 0.337 e. The largest absolute Gasteiger partial charge is 0.465 e. The summed E-state index contributed by atoms with van der Waals surface area (Å²) in [5.74, 6) is -0.310. The maximum Gasteiger partial charge on any atom is 0.337 e. The lowest BCUT2D eigenvalue weighted by Crippen LogP contribution is -2.00. The van der Waals surface area contributed by atoms with E-state index in [-0.39, 0.29) is 5.97 Å². The molecule has 2 heteroatoms. The number of rotatable bonds is 3.